The highest BCUT2D eigenvalue weighted by Gasteiger charge is 2.21. The highest BCUT2D eigenvalue weighted by Crippen LogP contribution is 2.36. The summed E-state index contributed by atoms with van der Waals surface area (Å²) in [5.41, 5.74) is 2.36. The van der Waals surface area contributed by atoms with Crippen molar-refractivity contribution in [3.8, 4) is 22.8 Å². The van der Waals surface area contributed by atoms with Crippen LogP contribution < -0.4 is 9.47 Å². The molecule has 1 aliphatic heterocycles. The van der Waals surface area contributed by atoms with Gasteiger partial charge < -0.3 is 18.7 Å². The zero-order valence-electron chi connectivity index (χ0n) is 12.4. The van der Waals surface area contributed by atoms with Crippen molar-refractivity contribution < 1.29 is 18.7 Å². The van der Waals surface area contributed by atoms with Gasteiger partial charge in [0.25, 0.3) is 0 Å². The van der Waals surface area contributed by atoms with Crippen LogP contribution in [0.15, 0.2) is 53.2 Å². The van der Waals surface area contributed by atoms with E-state index in [0.29, 0.717) is 17.2 Å². The van der Waals surface area contributed by atoms with Crippen LogP contribution in [0.3, 0.4) is 0 Å². The van der Waals surface area contributed by atoms with Crippen molar-refractivity contribution in [2.24, 2.45) is 0 Å². The van der Waals surface area contributed by atoms with Crippen molar-refractivity contribution in [1.29, 1.82) is 0 Å². The Morgan fingerprint density at radius 1 is 1.09 bits per heavy atom. The molecule has 1 unspecified atom stereocenters. The molecular weight excluding hydrogens is 296 g/mol. The van der Waals surface area contributed by atoms with E-state index in [1.54, 1.807) is 13.3 Å². The molecule has 0 aliphatic carbocycles. The number of hydrogen-bond donors (Lipinski definition) is 0. The quantitative estimate of drug-likeness (QED) is 0.737. The van der Waals surface area contributed by atoms with Crippen molar-refractivity contribution in [2.75, 3.05) is 13.9 Å². The lowest BCUT2D eigenvalue weighted by molar-refractivity contribution is 0.106. The molecule has 2 aromatic heterocycles. The van der Waals surface area contributed by atoms with E-state index in [4.69, 9.17) is 18.7 Å². The first kappa shape index (κ1) is 13.8. The fourth-order valence-corrected chi connectivity index (χ4v) is 2.52. The monoisotopic (exact) mass is 310 g/mol. The maximum absolute atomic E-state index is 5.50. The van der Waals surface area contributed by atoms with Gasteiger partial charge in [0.1, 0.15) is 5.69 Å². The van der Waals surface area contributed by atoms with Crippen molar-refractivity contribution in [3.05, 3.63) is 60.1 Å². The molecule has 0 saturated heterocycles. The van der Waals surface area contributed by atoms with Gasteiger partial charge in [0.15, 0.2) is 23.4 Å². The summed E-state index contributed by atoms with van der Waals surface area (Å²) in [6.45, 7) is 0.244. The van der Waals surface area contributed by atoms with Crippen LogP contribution >= 0.6 is 0 Å². The lowest BCUT2D eigenvalue weighted by Gasteiger charge is -2.10. The van der Waals surface area contributed by atoms with Gasteiger partial charge in [0.05, 0.1) is 5.69 Å². The lowest BCUT2D eigenvalue weighted by Crippen LogP contribution is -2.04. The predicted octanol–water partition coefficient (Wildman–Crippen LogP) is 3.20. The second kappa shape index (κ2) is 5.73. The summed E-state index contributed by atoms with van der Waals surface area (Å²) in [5, 5.41) is 4.13. The Kier molecular flexibility index (Phi) is 3.44. The molecule has 0 spiro atoms. The molecular formula is C17H14N2O4. The largest absolute Gasteiger partial charge is 0.454 e. The molecule has 0 amide bonds. The van der Waals surface area contributed by atoms with Crippen molar-refractivity contribution in [3.63, 3.8) is 0 Å². The fraction of sp³-hybridized carbons (Fsp3) is 0.176. The second-order valence-corrected chi connectivity index (χ2v) is 5.05. The predicted molar refractivity (Wildman–Crippen MR) is 81.2 cm³/mol. The molecule has 0 bridgehead atoms. The smallest absolute Gasteiger partial charge is 0.231 e. The number of rotatable bonds is 4. The first-order valence-corrected chi connectivity index (χ1v) is 7.15. The molecule has 23 heavy (non-hydrogen) atoms. The van der Waals surface area contributed by atoms with Gasteiger partial charge in [-0.3, -0.25) is 4.98 Å². The Morgan fingerprint density at radius 3 is 2.83 bits per heavy atom. The van der Waals surface area contributed by atoms with Gasteiger partial charge in [-0.25, -0.2) is 0 Å². The van der Waals surface area contributed by atoms with Crippen molar-refractivity contribution >= 4 is 0 Å². The third kappa shape index (κ3) is 2.53. The van der Waals surface area contributed by atoms with Gasteiger partial charge in [-0.15, -0.1) is 0 Å². The summed E-state index contributed by atoms with van der Waals surface area (Å²) in [6.07, 6.45) is 1.32. The van der Waals surface area contributed by atoms with E-state index in [1.165, 1.54) is 0 Å². The molecule has 4 rings (SSSR count). The van der Waals surface area contributed by atoms with Crippen LogP contribution in [0, 0.1) is 0 Å². The Bertz CT molecular complexity index is 816. The second-order valence-electron chi connectivity index (χ2n) is 5.05. The van der Waals surface area contributed by atoms with Gasteiger partial charge in [-0.1, -0.05) is 11.2 Å². The molecule has 0 fully saturated rings. The highest BCUT2D eigenvalue weighted by molar-refractivity contribution is 5.64. The van der Waals surface area contributed by atoms with Crippen LogP contribution in [0.25, 0.3) is 11.3 Å². The standard InChI is InChI=1S/C17H14N2O4/c1-20-17(12-4-2-3-7-18-12)16-9-13(19-23-16)11-5-6-14-15(8-11)22-10-21-14/h2-9,17H,10H2,1H3. The molecule has 1 aliphatic rings. The number of hydrogen-bond acceptors (Lipinski definition) is 6. The summed E-state index contributed by atoms with van der Waals surface area (Å²) in [7, 11) is 1.61. The van der Waals surface area contributed by atoms with Crippen LogP contribution in [0.4, 0.5) is 0 Å². The summed E-state index contributed by atoms with van der Waals surface area (Å²) >= 11 is 0. The molecule has 1 atom stereocenters. The molecule has 0 saturated carbocycles. The number of pyridine rings is 1. The molecule has 6 nitrogen and oxygen atoms in total. The van der Waals surface area contributed by atoms with E-state index >= 15 is 0 Å². The van der Waals surface area contributed by atoms with Crippen LogP contribution in [0.5, 0.6) is 11.5 Å². The fourth-order valence-electron chi connectivity index (χ4n) is 2.52. The van der Waals surface area contributed by atoms with E-state index in [-0.39, 0.29) is 6.79 Å². The van der Waals surface area contributed by atoms with Gasteiger partial charge in [-0.05, 0) is 30.3 Å². The van der Waals surface area contributed by atoms with Gasteiger partial charge in [-0.2, -0.15) is 0 Å². The van der Waals surface area contributed by atoms with Gasteiger partial charge in [0, 0.05) is 24.9 Å². The number of benzene rings is 1. The topological polar surface area (TPSA) is 66.6 Å². The van der Waals surface area contributed by atoms with Crippen LogP contribution in [0.2, 0.25) is 0 Å². The first-order chi connectivity index (χ1) is 11.3. The Morgan fingerprint density at radius 2 is 2.00 bits per heavy atom. The molecule has 116 valence electrons. The molecule has 0 radical (unpaired) electrons. The van der Waals surface area contributed by atoms with Crippen molar-refractivity contribution in [1.82, 2.24) is 10.1 Å². The normalized spacial score (nSPS) is 14.0. The van der Waals surface area contributed by atoms with E-state index in [9.17, 15) is 0 Å². The molecule has 3 aromatic rings. The van der Waals surface area contributed by atoms with E-state index < -0.39 is 6.10 Å². The summed E-state index contributed by atoms with van der Waals surface area (Å²) in [5.74, 6) is 2.04. The number of fused-ring (bicyclic) bond motifs is 1. The summed E-state index contributed by atoms with van der Waals surface area (Å²) < 4.78 is 21.7. The number of ether oxygens (including phenoxy) is 3. The Labute approximate surface area is 132 Å². The summed E-state index contributed by atoms with van der Waals surface area (Å²) in [4.78, 5) is 4.31. The number of aromatic nitrogens is 2. The first-order valence-electron chi connectivity index (χ1n) is 7.15. The maximum Gasteiger partial charge on any atom is 0.231 e. The number of methoxy groups -OCH3 is 1. The third-order valence-electron chi connectivity index (χ3n) is 3.65. The third-order valence-corrected chi connectivity index (χ3v) is 3.65. The maximum atomic E-state index is 5.50. The molecule has 3 heterocycles. The van der Waals surface area contributed by atoms with Crippen LogP contribution in [0.1, 0.15) is 17.6 Å². The minimum absolute atomic E-state index is 0.244. The SMILES string of the molecule is COC(c1ccccn1)c1cc(-c2ccc3c(c2)OCO3)no1. The van der Waals surface area contributed by atoms with Crippen LogP contribution in [-0.2, 0) is 4.74 Å². The minimum atomic E-state index is -0.397. The Hall–Kier alpha value is -2.86. The zero-order chi connectivity index (χ0) is 15.6. The highest BCUT2D eigenvalue weighted by atomic mass is 16.7. The van der Waals surface area contributed by atoms with Gasteiger partial charge >= 0.3 is 0 Å². The van der Waals surface area contributed by atoms with Crippen molar-refractivity contribution in [2.45, 2.75) is 6.10 Å². The van der Waals surface area contributed by atoms with E-state index in [2.05, 4.69) is 10.1 Å². The molecule has 6 heteroatoms. The van der Waals surface area contributed by atoms with E-state index in [1.807, 2.05) is 42.5 Å². The minimum Gasteiger partial charge on any atom is -0.454 e. The van der Waals surface area contributed by atoms with Gasteiger partial charge in [0.2, 0.25) is 6.79 Å². The average Bonchev–Trinajstić information content (AvgIpc) is 3.25. The lowest BCUT2D eigenvalue weighted by atomic mass is 10.1. The van der Waals surface area contributed by atoms with E-state index in [0.717, 1.165) is 17.0 Å². The van der Waals surface area contributed by atoms with Crippen LogP contribution in [-0.4, -0.2) is 24.0 Å². The zero-order valence-corrected chi connectivity index (χ0v) is 12.4. The summed E-state index contributed by atoms with van der Waals surface area (Å²) in [6, 6.07) is 13.2. The number of nitrogens with zero attached hydrogens (tertiary/aromatic N) is 2. The molecule has 0 N–H and O–H groups in total. The Balaban J connectivity index is 1.66. The molecule has 1 aromatic carbocycles. The average molecular weight is 310 g/mol.